The molecular weight excluding hydrogens is 282 g/mol. The first-order valence-corrected chi connectivity index (χ1v) is 8.43. The highest BCUT2D eigenvalue weighted by atomic mass is 32.2. The molecule has 0 fully saturated rings. The van der Waals surface area contributed by atoms with Crippen LogP contribution in [0.15, 0.2) is 37.8 Å². The van der Waals surface area contributed by atoms with Gasteiger partial charge in [0.1, 0.15) is 0 Å². The van der Waals surface area contributed by atoms with Crippen LogP contribution in [0.25, 0.3) is 0 Å². The molecule has 1 aromatic carbocycles. The van der Waals surface area contributed by atoms with E-state index in [1.165, 1.54) is 10.5 Å². The first-order chi connectivity index (χ1) is 8.69. The summed E-state index contributed by atoms with van der Waals surface area (Å²) in [5, 5.41) is 8.29. The number of hydrogen-bond donors (Lipinski definition) is 1. The molecule has 2 rings (SSSR count). The minimum absolute atomic E-state index is 0.169. The molecule has 0 bridgehead atoms. The molecule has 0 aliphatic heterocycles. The molecule has 0 saturated carbocycles. The second-order valence-electron chi connectivity index (χ2n) is 3.93. The van der Waals surface area contributed by atoms with Gasteiger partial charge in [-0.2, -0.15) is 0 Å². The normalized spacial score (nSPS) is 12.6. The lowest BCUT2D eigenvalue weighted by Crippen LogP contribution is -2.18. The van der Waals surface area contributed by atoms with Crippen LogP contribution in [0.3, 0.4) is 0 Å². The van der Waals surface area contributed by atoms with Gasteiger partial charge in [-0.3, -0.25) is 0 Å². The molecule has 2 N–H and O–H groups in total. The van der Waals surface area contributed by atoms with Gasteiger partial charge in [-0.1, -0.05) is 53.1 Å². The fraction of sp³-hybridized carbons (Fsp3) is 0.333. The quantitative estimate of drug-likeness (QED) is 0.858. The fourth-order valence-corrected chi connectivity index (χ4v) is 4.07. The lowest BCUT2D eigenvalue weighted by Gasteiger charge is -2.09. The molecule has 18 heavy (non-hydrogen) atoms. The number of benzene rings is 1. The van der Waals surface area contributed by atoms with Crippen LogP contribution in [0, 0.1) is 0 Å². The maximum atomic E-state index is 5.87. The lowest BCUT2D eigenvalue weighted by molar-refractivity contribution is 0.729. The smallest absolute Gasteiger partial charge is 0.179 e. The molecule has 1 unspecified atom stereocenters. The second-order valence-corrected chi connectivity index (χ2v) is 7.25. The van der Waals surface area contributed by atoms with Crippen LogP contribution >= 0.6 is 34.9 Å². The molecule has 2 aromatic rings. The molecule has 1 heterocycles. The highest BCUT2D eigenvalue weighted by Crippen LogP contribution is 2.34. The monoisotopic (exact) mass is 297 g/mol. The number of rotatable bonds is 5. The predicted molar refractivity (Wildman–Crippen MR) is 79.6 cm³/mol. The zero-order valence-electron chi connectivity index (χ0n) is 10.3. The van der Waals surface area contributed by atoms with Crippen molar-refractivity contribution in [3.05, 3.63) is 29.8 Å². The van der Waals surface area contributed by atoms with Crippen molar-refractivity contribution >= 4 is 34.9 Å². The highest BCUT2D eigenvalue weighted by molar-refractivity contribution is 8.03. The van der Waals surface area contributed by atoms with Gasteiger partial charge in [-0.25, -0.2) is 0 Å². The number of nitrogens with zero attached hydrogens (tertiary/aromatic N) is 2. The van der Waals surface area contributed by atoms with E-state index in [0.717, 1.165) is 15.1 Å². The van der Waals surface area contributed by atoms with Gasteiger partial charge in [0.15, 0.2) is 8.68 Å². The number of thioether (sulfide) groups is 1. The van der Waals surface area contributed by atoms with Crippen molar-refractivity contribution in [2.75, 3.05) is 6.26 Å². The molecule has 0 radical (unpaired) electrons. The third kappa shape index (κ3) is 3.71. The maximum Gasteiger partial charge on any atom is 0.179 e. The Bertz CT molecular complexity index is 511. The van der Waals surface area contributed by atoms with Crippen molar-refractivity contribution in [2.45, 2.75) is 33.0 Å². The molecule has 96 valence electrons. The van der Waals surface area contributed by atoms with E-state index in [4.69, 9.17) is 5.73 Å². The summed E-state index contributed by atoms with van der Waals surface area (Å²) >= 11 is 4.92. The van der Waals surface area contributed by atoms with Gasteiger partial charge in [0.05, 0.1) is 0 Å². The average molecular weight is 297 g/mol. The van der Waals surface area contributed by atoms with Gasteiger partial charge < -0.3 is 5.73 Å². The average Bonchev–Trinajstić information content (AvgIpc) is 2.79. The summed E-state index contributed by atoms with van der Waals surface area (Å²) in [7, 11) is 0. The molecule has 1 atom stereocenters. The Kier molecular flexibility index (Phi) is 5.05. The van der Waals surface area contributed by atoms with E-state index in [9.17, 15) is 0 Å². The van der Waals surface area contributed by atoms with E-state index in [-0.39, 0.29) is 6.04 Å². The molecule has 0 spiro atoms. The van der Waals surface area contributed by atoms with E-state index >= 15 is 0 Å². The molecular formula is C12H15N3S3. The zero-order valence-corrected chi connectivity index (χ0v) is 12.7. The SMILES string of the molecule is CSc1nnc(Sc2ccccc2CC(C)N)s1. The summed E-state index contributed by atoms with van der Waals surface area (Å²) in [6.45, 7) is 2.03. The summed E-state index contributed by atoms with van der Waals surface area (Å²) in [5.41, 5.74) is 7.15. The van der Waals surface area contributed by atoms with Crippen LogP contribution in [0.5, 0.6) is 0 Å². The summed E-state index contributed by atoms with van der Waals surface area (Å²) < 4.78 is 1.98. The highest BCUT2D eigenvalue weighted by Gasteiger charge is 2.09. The predicted octanol–water partition coefficient (Wildman–Crippen LogP) is 3.30. The van der Waals surface area contributed by atoms with Gasteiger partial charge in [-0.15, -0.1) is 10.2 Å². The third-order valence-corrected chi connectivity index (χ3v) is 5.34. The minimum atomic E-state index is 0.169. The Morgan fingerprint density at radius 2 is 2.00 bits per heavy atom. The summed E-state index contributed by atoms with van der Waals surface area (Å²) in [4.78, 5) is 1.22. The van der Waals surface area contributed by atoms with Gasteiger partial charge in [0.25, 0.3) is 0 Å². The Labute approximate surface area is 120 Å². The lowest BCUT2D eigenvalue weighted by atomic mass is 10.1. The van der Waals surface area contributed by atoms with Crippen LogP contribution in [0.2, 0.25) is 0 Å². The van der Waals surface area contributed by atoms with Crippen molar-refractivity contribution in [3.63, 3.8) is 0 Å². The summed E-state index contributed by atoms with van der Waals surface area (Å²) in [5.74, 6) is 0. The molecule has 0 aliphatic carbocycles. The standard InChI is InChI=1S/C12H15N3S3/c1-8(13)7-9-5-3-4-6-10(9)17-12-15-14-11(16-2)18-12/h3-6,8H,7,13H2,1-2H3. The first kappa shape index (κ1) is 13.9. The zero-order chi connectivity index (χ0) is 13.0. The van der Waals surface area contributed by atoms with E-state index < -0.39 is 0 Å². The van der Waals surface area contributed by atoms with Crippen LogP contribution in [0.4, 0.5) is 0 Å². The summed E-state index contributed by atoms with van der Waals surface area (Å²) in [6, 6.07) is 8.51. The summed E-state index contributed by atoms with van der Waals surface area (Å²) in [6.07, 6.45) is 2.90. The number of hydrogen-bond acceptors (Lipinski definition) is 6. The van der Waals surface area contributed by atoms with Crippen molar-refractivity contribution in [2.24, 2.45) is 5.73 Å². The molecule has 6 heteroatoms. The van der Waals surface area contributed by atoms with Crippen molar-refractivity contribution in [1.29, 1.82) is 0 Å². The number of nitrogens with two attached hydrogens (primary N) is 1. The molecule has 3 nitrogen and oxygen atoms in total. The van der Waals surface area contributed by atoms with Crippen molar-refractivity contribution in [3.8, 4) is 0 Å². The van der Waals surface area contributed by atoms with Crippen LogP contribution in [-0.2, 0) is 6.42 Å². The maximum absolute atomic E-state index is 5.87. The van der Waals surface area contributed by atoms with Gasteiger partial charge in [0, 0.05) is 10.9 Å². The van der Waals surface area contributed by atoms with Crippen molar-refractivity contribution in [1.82, 2.24) is 10.2 Å². The van der Waals surface area contributed by atoms with Gasteiger partial charge in [0.2, 0.25) is 0 Å². The molecule has 1 aromatic heterocycles. The van der Waals surface area contributed by atoms with Crippen LogP contribution < -0.4 is 5.73 Å². The number of aromatic nitrogens is 2. The first-order valence-electron chi connectivity index (χ1n) is 5.58. The fourth-order valence-electron chi connectivity index (χ4n) is 1.53. The minimum Gasteiger partial charge on any atom is -0.328 e. The Balaban J connectivity index is 2.17. The molecule has 0 aliphatic rings. The van der Waals surface area contributed by atoms with E-state index in [1.807, 2.05) is 19.2 Å². The topological polar surface area (TPSA) is 51.8 Å². The largest absolute Gasteiger partial charge is 0.328 e. The van der Waals surface area contributed by atoms with Crippen LogP contribution in [0.1, 0.15) is 12.5 Å². The Hall–Kier alpha value is -0.560. The molecule has 0 amide bonds. The second kappa shape index (κ2) is 6.56. The third-order valence-electron chi connectivity index (χ3n) is 2.27. The van der Waals surface area contributed by atoms with Gasteiger partial charge >= 0.3 is 0 Å². The van der Waals surface area contributed by atoms with E-state index in [1.54, 1.807) is 34.9 Å². The molecule has 0 saturated heterocycles. The van der Waals surface area contributed by atoms with Crippen LogP contribution in [-0.4, -0.2) is 22.5 Å². The Morgan fingerprint density at radius 1 is 1.28 bits per heavy atom. The van der Waals surface area contributed by atoms with E-state index in [0.29, 0.717) is 0 Å². The van der Waals surface area contributed by atoms with E-state index in [2.05, 4.69) is 28.4 Å². The van der Waals surface area contributed by atoms with Gasteiger partial charge in [-0.05, 0) is 31.2 Å². The van der Waals surface area contributed by atoms with Crippen molar-refractivity contribution < 1.29 is 0 Å². The Morgan fingerprint density at radius 3 is 2.67 bits per heavy atom.